The number of nitrogens with zero attached hydrogens (tertiary/aromatic N) is 2. The average Bonchev–Trinajstić information content (AvgIpc) is 3.53. The molecule has 0 unspecified atom stereocenters. The number of rotatable bonds is 7. The SMILES string of the molecule is c1ccc(-c2ccccc2-c2c(-c3ccccc3)cccc2N(c2ccccc2)c2ccccc2-n2c3ccccc3c3ccccc32)cc1. The first-order valence-corrected chi connectivity index (χ1v) is 17.1. The van der Waals surface area contributed by atoms with Gasteiger partial charge >= 0.3 is 0 Å². The highest BCUT2D eigenvalue weighted by molar-refractivity contribution is 6.10. The Morgan fingerprint density at radius 3 is 1.44 bits per heavy atom. The van der Waals surface area contributed by atoms with Gasteiger partial charge in [-0.05, 0) is 70.3 Å². The normalized spacial score (nSPS) is 11.2. The topological polar surface area (TPSA) is 8.17 Å². The molecule has 8 aromatic carbocycles. The molecule has 0 amide bonds. The van der Waals surface area contributed by atoms with Crippen LogP contribution in [-0.2, 0) is 0 Å². The van der Waals surface area contributed by atoms with Crippen LogP contribution >= 0.6 is 0 Å². The molecule has 50 heavy (non-hydrogen) atoms. The molecular formula is C48H34N2. The van der Waals surface area contributed by atoms with Gasteiger partial charge in [0, 0.05) is 22.0 Å². The van der Waals surface area contributed by atoms with E-state index in [-0.39, 0.29) is 0 Å². The Morgan fingerprint density at radius 2 is 0.780 bits per heavy atom. The Balaban J connectivity index is 1.39. The third kappa shape index (κ3) is 5.06. The molecule has 2 nitrogen and oxygen atoms in total. The number of para-hydroxylation sites is 5. The number of hydrogen-bond acceptors (Lipinski definition) is 1. The molecule has 0 bridgehead atoms. The predicted molar refractivity (Wildman–Crippen MR) is 212 cm³/mol. The molecule has 0 aliphatic heterocycles. The van der Waals surface area contributed by atoms with Crippen LogP contribution in [0.2, 0.25) is 0 Å². The minimum absolute atomic E-state index is 1.09. The lowest BCUT2D eigenvalue weighted by molar-refractivity contribution is 1.15. The molecule has 9 aromatic rings. The first-order valence-electron chi connectivity index (χ1n) is 17.1. The number of hydrogen-bond donors (Lipinski definition) is 0. The van der Waals surface area contributed by atoms with Crippen LogP contribution in [0.15, 0.2) is 206 Å². The third-order valence-electron chi connectivity index (χ3n) is 9.61. The van der Waals surface area contributed by atoms with Crippen molar-refractivity contribution in [1.29, 1.82) is 0 Å². The van der Waals surface area contributed by atoms with E-state index >= 15 is 0 Å². The van der Waals surface area contributed by atoms with Gasteiger partial charge in [-0.15, -0.1) is 0 Å². The second-order valence-electron chi connectivity index (χ2n) is 12.5. The van der Waals surface area contributed by atoms with Gasteiger partial charge in [0.1, 0.15) is 0 Å². The van der Waals surface area contributed by atoms with Gasteiger partial charge in [0.25, 0.3) is 0 Å². The summed E-state index contributed by atoms with van der Waals surface area (Å²) in [5, 5.41) is 2.49. The maximum Gasteiger partial charge on any atom is 0.0702 e. The minimum Gasteiger partial charge on any atom is -0.308 e. The van der Waals surface area contributed by atoms with Crippen molar-refractivity contribution in [3.8, 4) is 39.1 Å². The van der Waals surface area contributed by atoms with Gasteiger partial charge in [-0.3, -0.25) is 0 Å². The van der Waals surface area contributed by atoms with Gasteiger partial charge in [-0.25, -0.2) is 0 Å². The fraction of sp³-hybridized carbons (Fsp3) is 0. The van der Waals surface area contributed by atoms with Crippen LogP contribution in [0.5, 0.6) is 0 Å². The van der Waals surface area contributed by atoms with Crippen molar-refractivity contribution in [1.82, 2.24) is 4.57 Å². The van der Waals surface area contributed by atoms with Gasteiger partial charge in [0.15, 0.2) is 0 Å². The van der Waals surface area contributed by atoms with Crippen molar-refractivity contribution >= 4 is 38.9 Å². The minimum atomic E-state index is 1.09. The monoisotopic (exact) mass is 638 g/mol. The van der Waals surface area contributed by atoms with Gasteiger partial charge in [-0.2, -0.15) is 0 Å². The Morgan fingerprint density at radius 1 is 0.320 bits per heavy atom. The fourth-order valence-electron chi connectivity index (χ4n) is 7.45. The van der Waals surface area contributed by atoms with Crippen LogP contribution in [0.1, 0.15) is 0 Å². The van der Waals surface area contributed by atoms with Crippen molar-refractivity contribution in [3.63, 3.8) is 0 Å². The molecule has 0 N–H and O–H groups in total. The van der Waals surface area contributed by atoms with Gasteiger partial charge in [0.05, 0.1) is 28.1 Å². The summed E-state index contributed by atoms with van der Waals surface area (Å²) in [4.78, 5) is 2.45. The molecule has 9 rings (SSSR count). The molecule has 0 fully saturated rings. The molecular weight excluding hydrogens is 605 g/mol. The van der Waals surface area contributed by atoms with Crippen LogP contribution in [0.3, 0.4) is 0 Å². The summed E-state index contributed by atoms with van der Waals surface area (Å²) >= 11 is 0. The van der Waals surface area contributed by atoms with E-state index in [1.165, 1.54) is 55.2 Å². The summed E-state index contributed by atoms with van der Waals surface area (Å²) in [6.07, 6.45) is 0. The molecule has 0 spiro atoms. The summed E-state index contributed by atoms with van der Waals surface area (Å²) in [7, 11) is 0. The first-order chi connectivity index (χ1) is 24.9. The van der Waals surface area contributed by atoms with Gasteiger partial charge in [0.2, 0.25) is 0 Å². The number of aromatic nitrogens is 1. The fourth-order valence-corrected chi connectivity index (χ4v) is 7.45. The highest BCUT2D eigenvalue weighted by atomic mass is 15.2. The lowest BCUT2D eigenvalue weighted by atomic mass is 9.87. The van der Waals surface area contributed by atoms with Crippen molar-refractivity contribution in [3.05, 3.63) is 206 Å². The summed E-state index contributed by atoms with van der Waals surface area (Å²) < 4.78 is 2.43. The highest BCUT2D eigenvalue weighted by Crippen LogP contribution is 2.49. The van der Waals surface area contributed by atoms with Crippen molar-refractivity contribution in [2.24, 2.45) is 0 Å². The standard InChI is InChI=1S/C48H34N2/c1-4-19-35(20-5-1)38-25-10-11-28-42(38)48-39(36-21-6-2-7-22-36)29-18-34-47(48)49(37-23-8-3-9-24-37)45-32-16-17-33-46(45)50-43-30-14-12-26-40(43)41-27-13-15-31-44(41)50/h1-34H. The maximum absolute atomic E-state index is 2.45. The zero-order valence-corrected chi connectivity index (χ0v) is 27.5. The molecule has 1 aromatic heterocycles. The zero-order chi connectivity index (χ0) is 33.3. The lowest BCUT2D eigenvalue weighted by Gasteiger charge is -2.31. The second kappa shape index (κ2) is 12.8. The summed E-state index contributed by atoms with van der Waals surface area (Å²) in [5.74, 6) is 0. The second-order valence-corrected chi connectivity index (χ2v) is 12.5. The van der Waals surface area contributed by atoms with E-state index in [2.05, 4.69) is 216 Å². The third-order valence-corrected chi connectivity index (χ3v) is 9.61. The Hall–Kier alpha value is -6.64. The molecule has 0 aliphatic rings. The molecule has 0 saturated heterocycles. The predicted octanol–water partition coefficient (Wildman–Crippen LogP) is 13.3. The van der Waals surface area contributed by atoms with E-state index in [1.54, 1.807) is 0 Å². The van der Waals surface area contributed by atoms with E-state index in [0.717, 1.165) is 22.7 Å². The Bertz CT molecular complexity index is 2530. The quantitative estimate of drug-likeness (QED) is 0.169. The molecule has 0 saturated carbocycles. The van der Waals surface area contributed by atoms with E-state index in [9.17, 15) is 0 Å². The van der Waals surface area contributed by atoms with E-state index < -0.39 is 0 Å². The molecule has 236 valence electrons. The summed E-state index contributed by atoms with van der Waals surface area (Å²) in [6.45, 7) is 0. The average molecular weight is 639 g/mol. The molecule has 0 radical (unpaired) electrons. The Kier molecular flexibility index (Phi) is 7.53. The molecule has 0 atom stereocenters. The van der Waals surface area contributed by atoms with Gasteiger partial charge in [-0.1, -0.05) is 164 Å². The van der Waals surface area contributed by atoms with Crippen molar-refractivity contribution < 1.29 is 0 Å². The molecule has 1 heterocycles. The van der Waals surface area contributed by atoms with E-state index in [0.29, 0.717) is 0 Å². The maximum atomic E-state index is 2.45. The van der Waals surface area contributed by atoms with Crippen LogP contribution in [0.25, 0.3) is 60.9 Å². The summed E-state index contributed by atoms with van der Waals surface area (Å²) in [6, 6.07) is 74.1. The van der Waals surface area contributed by atoms with Crippen LogP contribution in [0, 0.1) is 0 Å². The lowest BCUT2D eigenvalue weighted by Crippen LogP contribution is -2.14. The summed E-state index contributed by atoms with van der Waals surface area (Å²) in [5.41, 5.74) is 13.9. The van der Waals surface area contributed by atoms with Crippen LogP contribution in [-0.4, -0.2) is 4.57 Å². The van der Waals surface area contributed by atoms with Crippen molar-refractivity contribution in [2.45, 2.75) is 0 Å². The van der Waals surface area contributed by atoms with Crippen LogP contribution in [0.4, 0.5) is 17.1 Å². The van der Waals surface area contributed by atoms with E-state index in [1.807, 2.05) is 0 Å². The highest BCUT2D eigenvalue weighted by Gasteiger charge is 2.25. The van der Waals surface area contributed by atoms with Gasteiger partial charge < -0.3 is 9.47 Å². The largest absolute Gasteiger partial charge is 0.308 e. The number of anilines is 3. The van der Waals surface area contributed by atoms with Crippen LogP contribution < -0.4 is 4.90 Å². The number of fused-ring (bicyclic) bond motifs is 3. The first kappa shape index (κ1) is 29.5. The smallest absolute Gasteiger partial charge is 0.0702 e. The number of benzene rings is 8. The molecule has 2 heteroatoms. The molecule has 0 aliphatic carbocycles. The van der Waals surface area contributed by atoms with Crippen molar-refractivity contribution in [2.75, 3.05) is 4.90 Å². The zero-order valence-electron chi connectivity index (χ0n) is 27.5. The van der Waals surface area contributed by atoms with E-state index in [4.69, 9.17) is 0 Å². The Labute approximate surface area is 292 Å².